The van der Waals surface area contributed by atoms with Crippen molar-refractivity contribution in [2.75, 3.05) is 6.61 Å². The third-order valence-corrected chi connectivity index (χ3v) is 3.55. The van der Waals surface area contributed by atoms with Gasteiger partial charge in [-0.2, -0.15) is 0 Å². The maximum Gasteiger partial charge on any atom is 0.309 e. The molecule has 0 aromatic heterocycles. The van der Waals surface area contributed by atoms with Crippen LogP contribution in [0.1, 0.15) is 39.0 Å². The van der Waals surface area contributed by atoms with Crippen LogP contribution in [0.4, 0.5) is 0 Å². The number of hydrogen-bond acceptors (Lipinski definition) is 3. The lowest BCUT2D eigenvalue weighted by Crippen LogP contribution is -2.34. The highest BCUT2D eigenvalue weighted by Crippen LogP contribution is 2.39. The maximum absolute atomic E-state index is 11.8. The Balaban J connectivity index is 2.16. The quantitative estimate of drug-likeness (QED) is 0.673. The van der Waals surface area contributed by atoms with Gasteiger partial charge in [0.15, 0.2) is 5.78 Å². The van der Waals surface area contributed by atoms with E-state index in [9.17, 15) is 9.59 Å². The fraction of sp³-hybridized carbons (Fsp3) is 0.692. The number of rotatable bonds is 2. The van der Waals surface area contributed by atoms with Crippen molar-refractivity contribution < 1.29 is 14.3 Å². The molecule has 0 aromatic carbocycles. The summed E-state index contributed by atoms with van der Waals surface area (Å²) in [6.45, 7) is 2.20. The van der Waals surface area contributed by atoms with Gasteiger partial charge in [0.25, 0.3) is 0 Å². The summed E-state index contributed by atoms with van der Waals surface area (Å²) in [5, 5.41) is 0. The number of carbonyl (C=O) groups is 2. The SMILES string of the molecule is CCOC(=O)[C@@H]1CC(=O)C=C2CCCC[C@H]21. The first-order valence-electron chi connectivity index (χ1n) is 6.12. The Labute approximate surface area is 95.9 Å². The Morgan fingerprint density at radius 2 is 2.31 bits per heavy atom. The maximum atomic E-state index is 11.8. The summed E-state index contributed by atoms with van der Waals surface area (Å²) in [5.41, 5.74) is 1.18. The average Bonchev–Trinajstić information content (AvgIpc) is 2.28. The van der Waals surface area contributed by atoms with Gasteiger partial charge in [0, 0.05) is 6.42 Å². The summed E-state index contributed by atoms with van der Waals surface area (Å²) in [6.07, 6.45) is 6.42. The summed E-state index contributed by atoms with van der Waals surface area (Å²) in [4.78, 5) is 23.3. The zero-order chi connectivity index (χ0) is 11.5. The second-order valence-electron chi connectivity index (χ2n) is 4.60. The first-order valence-corrected chi connectivity index (χ1v) is 6.12. The molecule has 0 bridgehead atoms. The van der Waals surface area contributed by atoms with Crippen molar-refractivity contribution >= 4 is 11.8 Å². The second kappa shape index (κ2) is 4.81. The predicted octanol–water partition coefficient (Wildman–Crippen LogP) is 2.26. The number of esters is 1. The number of carbonyl (C=O) groups excluding carboxylic acids is 2. The van der Waals surface area contributed by atoms with E-state index in [0.29, 0.717) is 13.0 Å². The molecule has 0 radical (unpaired) electrons. The van der Waals surface area contributed by atoms with Crippen LogP contribution in [0.3, 0.4) is 0 Å². The van der Waals surface area contributed by atoms with Crippen LogP contribution in [0, 0.1) is 11.8 Å². The van der Waals surface area contributed by atoms with Crippen molar-refractivity contribution in [1.82, 2.24) is 0 Å². The zero-order valence-corrected chi connectivity index (χ0v) is 9.70. The fourth-order valence-corrected chi connectivity index (χ4v) is 2.82. The van der Waals surface area contributed by atoms with Gasteiger partial charge in [-0.05, 0) is 38.2 Å². The van der Waals surface area contributed by atoms with Crippen LogP contribution in [0.25, 0.3) is 0 Å². The Morgan fingerprint density at radius 3 is 3.06 bits per heavy atom. The minimum absolute atomic E-state index is 0.0891. The Bertz CT molecular complexity index is 330. The Hall–Kier alpha value is -1.12. The van der Waals surface area contributed by atoms with E-state index in [1.54, 1.807) is 13.0 Å². The van der Waals surface area contributed by atoms with Crippen LogP contribution < -0.4 is 0 Å². The monoisotopic (exact) mass is 222 g/mol. The topological polar surface area (TPSA) is 43.4 Å². The number of allylic oxidation sites excluding steroid dienone is 2. The third-order valence-electron chi connectivity index (χ3n) is 3.55. The molecule has 16 heavy (non-hydrogen) atoms. The number of ketones is 1. The normalized spacial score (nSPS) is 29.3. The molecule has 2 atom stereocenters. The first kappa shape index (κ1) is 11.4. The van der Waals surface area contributed by atoms with Crippen LogP contribution in [0.5, 0.6) is 0 Å². The Morgan fingerprint density at radius 1 is 1.50 bits per heavy atom. The van der Waals surface area contributed by atoms with Crippen LogP contribution in [0.2, 0.25) is 0 Å². The lowest BCUT2D eigenvalue weighted by atomic mass is 9.71. The fourth-order valence-electron chi connectivity index (χ4n) is 2.82. The van der Waals surface area contributed by atoms with E-state index in [4.69, 9.17) is 4.74 Å². The molecule has 0 amide bonds. The molecule has 1 fully saturated rings. The highest BCUT2D eigenvalue weighted by molar-refractivity contribution is 5.95. The number of fused-ring (bicyclic) bond motifs is 1. The van der Waals surface area contributed by atoms with E-state index < -0.39 is 0 Å². The predicted molar refractivity (Wildman–Crippen MR) is 59.8 cm³/mol. The molecule has 2 aliphatic carbocycles. The summed E-state index contributed by atoms with van der Waals surface area (Å²) in [5.74, 6) is -0.0437. The molecule has 0 aliphatic heterocycles. The minimum atomic E-state index is -0.215. The van der Waals surface area contributed by atoms with Gasteiger partial charge in [0.05, 0.1) is 12.5 Å². The molecule has 2 rings (SSSR count). The van der Waals surface area contributed by atoms with Gasteiger partial charge in [0.2, 0.25) is 0 Å². The van der Waals surface area contributed by atoms with Crippen molar-refractivity contribution in [3.05, 3.63) is 11.6 Å². The molecule has 3 heteroatoms. The van der Waals surface area contributed by atoms with Gasteiger partial charge in [-0.3, -0.25) is 9.59 Å². The third kappa shape index (κ3) is 2.18. The van der Waals surface area contributed by atoms with Crippen molar-refractivity contribution in [2.24, 2.45) is 11.8 Å². The Kier molecular flexibility index (Phi) is 3.42. The molecule has 0 spiro atoms. The molecular weight excluding hydrogens is 204 g/mol. The largest absolute Gasteiger partial charge is 0.466 e. The van der Waals surface area contributed by atoms with Crippen molar-refractivity contribution in [1.29, 1.82) is 0 Å². The van der Waals surface area contributed by atoms with Gasteiger partial charge >= 0.3 is 5.97 Å². The zero-order valence-electron chi connectivity index (χ0n) is 9.70. The lowest BCUT2D eigenvalue weighted by Gasteiger charge is -2.33. The van der Waals surface area contributed by atoms with E-state index in [0.717, 1.165) is 25.7 Å². The van der Waals surface area contributed by atoms with Crippen LogP contribution in [-0.4, -0.2) is 18.4 Å². The van der Waals surface area contributed by atoms with E-state index in [1.807, 2.05) is 0 Å². The van der Waals surface area contributed by atoms with Gasteiger partial charge in [-0.15, -0.1) is 0 Å². The van der Waals surface area contributed by atoms with Gasteiger partial charge < -0.3 is 4.74 Å². The van der Waals surface area contributed by atoms with E-state index in [2.05, 4.69) is 0 Å². The second-order valence-corrected chi connectivity index (χ2v) is 4.60. The minimum Gasteiger partial charge on any atom is -0.466 e. The smallest absolute Gasteiger partial charge is 0.309 e. The van der Waals surface area contributed by atoms with Crippen molar-refractivity contribution in [3.8, 4) is 0 Å². The molecule has 1 saturated carbocycles. The molecule has 0 aromatic rings. The van der Waals surface area contributed by atoms with Crippen LogP contribution in [-0.2, 0) is 14.3 Å². The number of hydrogen-bond donors (Lipinski definition) is 0. The first-order chi connectivity index (χ1) is 7.72. The summed E-state index contributed by atoms with van der Waals surface area (Å²) in [6, 6.07) is 0. The summed E-state index contributed by atoms with van der Waals surface area (Å²) in [7, 11) is 0. The molecule has 0 N–H and O–H groups in total. The molecule has 0 heterocycles. The molecule has 0 unspecified atom stereocenters. The lowest BCUT2D eigenvalue weighted by molar-refractivity contribution is -0.151. The van der Waals surface area contributed by atoms with Crippen LogP contribution in [0.15, 0.2) is 11.6 Å². The van der Waals surface area contributed by atoms with E-state index in [1.165, 1.54) is 5.57 Å². The van der Waals surface area contributed by atoms with Crippen molar-refractivity contribution in [2.45, 2.75) is 39.0 Å². The van der Waals surface area contributed by atoms with Gasteiger partial charge in [-0.1, -0.05) is 12.0 Å². The number of ether oxygens (including phenoxy) is 1. The van der Waals surface area contributed by atoms with Crippen LogP contribution >= 0.6 is 0 Å². The average molecular weight is 222 g/mol. The van der Waals surface area contributed by atoms with Gasteiger partial charge in [-0.25, -0.2) is 0 Å². The van der Waals surface area contributed by atoms with Crippen molar-refractivity contribution in [3.63, 3.8) is 0 Å². The molecule has 0 saturated heterocycles. The molecule has 2 aliphatic rings. The highest BCUT2D eigenvalue weighted by Gasteiger charge is 2.37. The summed E-state index contributed by atoms with van der Waals surface area (Å²) < 4.78 is 5.06. The van der Waals surface area contributed by atoms with E-state index >= 15 is 0 Å². The molecule has 3 nitrogen and oxygen atoms in total. The molecule has 88 valence electrons. The molecular formula is C13H18O3. The van der Waals surface area contributed by atoms with Gasteiger partial charge in [0.1, 0.15) is 0 Å². The highest BCUT2D eigenvalue weighted by atomic mass is 16.5. The standard InChI is InChI=1S/C13H18O3/c1-2-16-13(15)12-8-10(14)7-9-5-3-4-6-11(9)12/h7,11-12H,2-6,8H2,1H3/t11-,12-/m1/s1. The summed E-state index contributed by atoms with van der Waals surface area (Å²) >= 11 is 0. The van der Waals surface area contributed by atoms with E-state index in [-0.39, 0.29) is 23.6 Å².